The van der Waals surface area contributed by atoms with Crippen LogP contribution in [-0.2, 0) is 11.3 Å². The molecule has 1 amide bonds. The van der Waals surface area contributed by atoms with Crippen LogP contribution in [0.25, 0.3) is 10.9 Å². The smallest absolute Gasteiger partial charge is 0.261 e. The van der Waals surface area contributed by atoms with Crippen molar-refractivity contribution in [3.63, 3.8) is 0 Å². The summed E-state index contributed by atoms with van der Waals surface area (Å²) in [6.45, 7) is 0.250. The highest BCUT2D eigenvalue weighted by Gasteiger charge is 2.13. The van der Waals surface area contributed by atoms with Gasteiger partial charge in [0.2, 0.25) is 5.91 Å². The second-order valence-electron chi connectivity index (χ2n) is 6.55. The number of benzene rings is 3. The molecule has 0 unspecified atom stereocenters. The van der Waals surface area contributed by atoms with Crippen LogP contribution in [0.4, 0.5) is 11.4 Å². The fraction of sp³-hybridized carbons (Fsp3) is 0.0870. The zero-order valence-corrected chi connectivity index (χ0v) is 15.7. The van der Waals surface area contributed by atoms with Crippen molar-refractivity contribution < 1.29 is 4.79 Å². The standard InChI is InChI=1S/C23H20N4O2/c28-22(15-16-26-17-24-21-14-8-7-13-20(21)23(26)29)25-27(18-9-3-1-4-10-18)19-11-5-2-6-12-19/h1-14,17H,15-16H2,(H,25,28). The van der Waals surface area contributed by atoms with Gasteiger partial charge in [-0.2, -0.15) is 0 Å². The van der Waals surface area contributed by atoms with Crippen LogP contribution in [0.2, 0.25) is 0 Å². The number of nitrogens with zero attached hydrogens (tertiary/aromatic N) is 3. The molecule has 0 saturated heterocycles. The molecule has 4 rings (SSSR count). The molecule has 6 heteroatoms. The fourth-order valence-electron chi connectivity index (χ4n) is 3.10. The molecule has 4 aromatic rings. The minimum Gasteiger partial charge on any atom is -0.298 e. The number of fused-ring (bicyclic) bond motifs is 1. The molecular formula is C23H20N4O2. The molecule has 29 heavy (non-hydrogen) atoms. The average Bonchev–Trinajstić information content (AvgIpc) is 2.78. The Bertz CT molecular complexity index is 1130. The van der Waals surface area contributed by atoms with Crippen molar-refractivity contribution in [2.45, 2.75) is 13.0 Å². The third kappa shape index (κ3) is 4.16. The number of nitrogens with one attached hydrogen (secondary N) is 1. The van der Waals surface area contributed by atoms with E-state index in [0.717, 1.165) is 11.4 Å². The second-order valence-corrected chi connectivity index (χ2v) is 6.55. The first-order chi connectivity index (χ1) is 14.2. The molecule has 3 aromatic carbocycles. The topological polar surface area (TPSA) is 67.2 Å². The number of carbonyl (C=O) groups excluding carboxylic acids is 1. The molecule has 0 spiro atoms. The zero-order valence-electron chi connectivity index (χ0n) is 15.7. The summed E-state index contributed by atoms with van der Waals surface area (Å²) in [5, 5.41) is 2.29. The molecule has 0 aliphatic carbocycles. The largest absolute Gasteiger partial charge is 0.298 e. The number of hydrogen-bond donors (Lipinski definition) is 1. The fourth-order valence-corrected chi connectivity index (χ4v) is 3.10. The molecule has 0 radical (unpaired) electrons. The van der Waals surface area contributed by atoms with Crippen LogP contribution in [0.3, 0.4) is 0 Å². The van der Waals surface area contributed by atoms with Gasteiger partial charge in [0.1, 0.15) is 0 Å². The number of aryl methyl sites for hydroxylation is 1. The van der Waals surface area contributed by atoms with E-state index in [1.54, 1.807) is 23.2 Å². The number of amides is 1. The molecule has 6 nitrogen and oxygen atoms in total. The highest BCUT2D eigenvalue weighted by atomic mass is 16.2. The minimum absolute atomic E-state index is 0.147. The van der Waals surface area contributed by atoms with E-state index in [1.807, 2.05) is 66.7 Å². The molecule has 0 bridgehead atoms. The number of para-hydroxylation sites is 3. The average molecular weight is 384 g/mol. The Morgan fingerprint density at radius 2 is 1.45 bits per heavy atom. The van der Waals surface area contributed by atoms with Gasteiger partial charge in [-0.1, -0.05) is 48.5 Å². The molecule has 144 valence electrons. The van der Waals surface area contributed by atoms with Crippen LogP contribution < -0.4 is 16.0 Å². The van der Waals surface area contributed by atoms with Gasteiger partial charge >= 0.3 is 0 Å². The van der Waals surface area contributed by atoms with Gasteiger partial charge < -0.3 is 0 Å². The third-order valence-electron chi connectivity index (χ3n) is 4.58. The van der Waals surface area contributed by atoms with E-state index < -0.39 is 0 Å². The zero-order chi connectivity index (χ0) is 20.1. The van der Waals surface area contributed by atoms with Crippen LogP contribution in [0, 0.1) is 0 Å². The normalized spacial score (nSPS) is 10.6. The molecule has 1 N–H and O–H groups in total. The SMILES string of the molecule is O=C(CCn1cnc2ccccc2c1=O)NN(c1ccccc1)c1ccccc1. The van der Waals surface area contributed by atoms with Crippen molar-refractivity contribution in [3.8, 4) is 0 Å². The van der Waals surface area contributed by atoms with Gasteiger partial charge in [0.15, 0.2) is 0 Å². The first-order valence-electron chi connectivity index (χ1n) is 9.36. The maximum atomic E-state index is 12.7. The summed E-state index contributed by atoms with van der Waals surface area (Å²) in [4.78, 5) is 29.5. The first kappa shape index (κ1) is 18.4. The van der Waals surface area contributed by atoms with Gasteiger partial charge in [0, 0.05) is 13.0 Å². The first-order valence-corrected chi connectivity index (χ1v) is 9.36. The third-order valence-corrected chi connectivity index (χ3v) is 4.58. The van der Waals surface area contributed by atoms with Crippen molar-refractivity contribution >= 4 is 28.2 Å². The van der Waals surface area contributed by atoms with Crippen molar-refractivity contribution in [2.24, 2.45) is 0 Å². The molecule has 0 atom stereocenters. The Morgan fingerprint density at radius 3 is 2.10 bits per heavy atom. The predicted molar refractivity (Wildman–Crippen MR) is 114 cm³/mol. The Labute approximate surface area is 168 Å². The molecule has 0 aliphatic heterocycles. The number of carbonyl (C=O) groups is 1. The Hall–Kier alpha value is -3.93. The summed E-state index contributed by atoms with van der Waals surface area (Å²) in [5.41, 5.74) is 5.13. The van der Waals surface area contributed by atoms with Crippen LogP contribution in [0.1, 0.15) is 6.42 Å². The van der Waals surface area contributed by atoms with Gasteiger partial charge in [0.25, 0.3) is 5.56 Å². The van der Waals surface area contributed by atoms with E-state index in [-0.39, 0.29) is 24.4 Å². The van der Waals surface area contributed by atoms with Crippen LogP contribution >= 0.6 is 0 Å². The number of aromatic nitrogens is 2. The molecule has 0 saturated carbocycles. The molecule has 1 aromatic heterocycles. The quantitative estimate of drug-likeness (QED) is 0.515. The van der Waals surface area contributed by atoms with Gasteiger partial charge in [-0.15, -0.1) is 0 Å². The summed E-state index contributed by atoms with van der Waals surface area (Å²) in [7, 11) is 0. The van der Waals surface area contributed by atoms with Gasteiger partial charge in [-0.25, -0.2) is 4.98 Å². The van der Waals surface area contributed by atoms with E-state index in [1.165, 1.54) is 10.9 Å². The molecular weight excluding hydrogens is 364 g/mol. The van der Waals surface area contributed by atoms with Gasteiger partial charge in [0.05, 0.1) is 28.6 Å². The van der Waals surface area contributed by atoms with Crippen molar-refractivity contribution in [2.75, 3.05) is 5.01 Å². The minimum atomic E-state index is -0.197. The van der Waals surface area contributed by atoms with Crippen LogP contribution in [-0.4, -0.2) is 15.5 Å². The van der Waals surface area contributed by atoms with Crippen molar-refractivity contribution in [1.82, 2.24) is 15.0 Å². The van der Waals surface area contributed by atoms with Crippen molar-refractivity contribution in [1.29, 1.82) is 0 Å². The summed E-state index contributed by atoms with van der Waals surface area (Å²) < 4.78 is 1.47. The predicted octanol–water partition coefficient (Wildman–Crippen LogP) is 3.66. The summed E-state index contributed by atoms with van der Waals surface area (Å²) in [6, 6.07) is 26.4. The highest BCUT2D eigenvalue weighted by Crippen LogP contribution is 2.22. The maximum absolute atomic E-state index is 12.7. The van der Waals surface area contributed by atoms with Crippen LogP contribution in [0.15, 0.2) is 96.1 Å². The van der Waals surface area contributed by atoms with E-state index >= 15 is 0 Å². The van der Waals surface area contributed by atoms with E-state index in [9.17, 15) is 9.59 Å². The second kappa shape index (κ2) is 8.39. The lowest BCUT2D eigenvalue weighted by molar-refractivity contribution is -0.121. The Morgan fingerprint density at radius 1 is 0.862 bits per heavy atom. The number of rotatable bonds is 6. The van der Waals surface area contributed by atoms with Crippen molar-refractivity contribution in [3.05, 3.63) is 102 Å². The number of anilines is 2. The Kier molecular flexibility index (Phi) is 5.33. The number of hydrogen-bond acceptors (Lipinski definition) is 4. The number of hydrazine groups is 1. The highest BCUT2D eigenvalue weighted by molar-refractivity contribution is 5.81. The lowest BCUT2D eigenvalue weighted by atomic mass is 10.2. The van der Waals surface area contributed by atoms with Gasteiger partial charge in [-0.3, -0.25) is 24.6 Å². The monoisotopic (exact) mass is 384 g/mol. The lowest BCUT2D eigenvalue weighted by Crippen LogP contribution is -2.39. The van der Waals surface area contributed by atoms with E-state index in [2.05, 4.69) is 10.4 Å². The Balaban J connectivity index is 1.50. The van der Waals surface area contributed by atoms with E-state index in [4.69, 9.17) is 0 Å². The summed E-state index contributed by atoms with van der Waals surface area (Å²) >= 11 is 0. The maximum Gasteiger partial charge on any atom is 0.261 e. The molecule has 0 aliphatic rings. The van der Waals surface area contributed by atoms with Crippen LogP contribution in [0.5, 0.6) is 0 Å². The summed E-state index contributed by atoms with van der Waals surface area (Å²) in [5.74, 6) is -0.197. The summed E-state index contributed by atoms with van der Waals surface area (Å²) in [6.07, 6.45) is 1.64. The van der Waals surface area contributed by atoms with E-state index in [0.29, 0.717) is 10.9 Å². The molecule has 1 heterocycles. The van der Waals surface area contributed by atoms with Gasteiger partial charge in [-0.05, 0) is 36.4 Å². The molecule has 0 fully saturated rings. The lowest BCUT2D eigenvalue weighted by Gasteiger charge is -2.25.